The van der Waals surface area contributed by atoms with Crippen LogP contribution < -0.4 is 10.7 Å². The van der Waals surface area contributed by atoms with Crippen molar-refractivity contribution in [2.24, 2.45) is 11.3 Å². The zero-order valence-corrected chi connectivity index (χ0v) is 41.6. The number of benzene rings is 1. The Morgan fingerprint density at radius 2 is 1.88 bits per heavy atom. The third kappa shape index (κ3) is 9.29. The summed E-state index contributed by atoms with van der Waals surface area (Å²) in [4.78, 5) is 84.9. The molecule has 2 saturated heterocycles. The van der Waals surface area contributed by atoms with Gasteiger partial charge in [-0.2, -0.15) is 0 Å². The second-order valence-electron chi connectivity index (χ2n) is 19.4. The highest BCUT2D eigenvalue weighted by atomic mass is 32.1. The maximum absolute atomic E-state index is 14.8. The molecule has 3 fully saturated rings. The second kappa shape index (κ2) is 18.9. The molecule has 8 rings (SSSR count). The Hall–Kier alpha value is -5.43. The first-order valence-electron chi connectivity index (χ1n) is 23.3. The molecule has 3 aromatic heterocycles. The third-order valence-electron chi connectivity index (χ3n) is 13.7. The van der Waals surface area contributed by atoms with Crippen molar-refractivity contribution in [3.05, 3.63) is 70.8 Å². The summed E-state index contributed by atoms with van der Waals surface area (Å²) in [5.41, 5.74) is 9.15. The molecule has 0 unspecified atom stereocenters. The van der Waals surface area contributed by atoms with Crippen LogP contribution in [0.5, 0.6) is 0 Å². The highest BCUT2D eigenvalue weighted by molar-refractivity contribution is 7.10. The van der Waals surface area contributed by atoms with E-state index in [0.29, 0.717) is 50.3 Å². The number of methoxy groups -OCH3 is 1. The van der Waals surface area contributed by atoms with E-state index < -0.39 is 40.4 Å². The first-order chi connectivity index (χ1) is 31.9. The monoisotopic (exact) mass is 948 g/mol. The number of hydrazine groups is 1. The van der Waals surface area contributed by atoms with E-state index in [-0.39, 0.29) is 55.6 Å². The molecule has 1 aromatic carbocycles. The van der Waals surface area contributed by atoms with Crippen molar-refractivity contribution in [1.29, 1.82) is 0 Å². The number of fused-ring (bicyclic) bond motifs is 7. The van der Waals surface area contributed by atoms with Gasteiger partial charge in [0, 0.05) is 85.8 Å². The summed E-state index contributed by atoms with van der Waals surface area (Å²) in [7, 11) is 7.01. The Kier molecular flexibility index (Phi) is 13.6. The number of likely N-dealkylation sites (N-methyl/N-ethyl adjacent to an activating group) is 1. The first-order valence-corrected chi connectivity index (χ1v) is 24.6. The Morgan fingerprint density at radius 1 is 1.13 bits per heavy atom. The van der Waals surface area contributed by atoms with Gasteiger partial charge in [-0.1, -0.05) is 40.3 Å². The van der Waals surface area contributed by atoms with Crippen molar-refractivity contribution in [2.75, 3.05) is 40.4 Å². The maximum Gasteiger partial charge on any atom is 0.323 e. The number of carbonyl (C=O) groups excluding carboxylic acids is 5. The normalized spacial score (nSPS) is 23.8. The second-order valence-corrected chi connectivity index (χ2v) is 21.2. The smallest absolute Gasteiger partial charge is 0.323 e. The number of urea groups is 1. The Labute approximate surface area is 399 Å². The van der Waals surface area contributed by atoms with E-state index in [9.17, 15) is 24.0 Å². The number of ether oxygens (including phenoxy) is 2. The lowest BCUT2D eigenvalue weighted by Gasteiger charge is -2.42. The van der Waals surface area contributed by atoms with Gasteiger partial charge in [0.05, 0.1) is 57.1 Å². The highest BCUT2D eigenvalue weighted by Gasteiger charge is 2.53. The molecule has 4 aromatic rings. The molecule has 1 aliphatic carbocycles. The molecule has 2 N–H and O–H groups in total. The molecule has 1 saturated carbocycles. The SMILES string of the molecule is C=CC(=O)N1CCN(C(=O)N(C)[C@H](C(=O)N[C@H]2Cc3nc(cs3)-c3ccc4c(c3)c(c(-c3cccnc3[C@H](C)OC)n4CC)CC(C)(C)COC(=O)[C@@]3([Si])CCCN(N3)C2=O)C(C)C)[C@H]2C[C@H]21. The first kappa shape index (κ1) is 48.0. The van der Waals surface area contributed by atoms with Crippen LogP contribution in [0, 0.1) is 11.3 Å². The van der Waals surface area contributed by atoms with E-state index in [1.54, 1.807) is 30.2 Å². The Morgan fingerprint density at radius 3 is 2.60 bits per heavy atom. The molecule has 3 radical (unpaired) electrons. The van der Waals surface area contributed by atoms with E-state index in [1.165, 1.54) is 27.3 Å². The summed E-state index contributed by atoms with van der Waals surface area (Å²) >= 11 is 1.40. The van der Waals surface area contributed by atoms with Crippen molar-refractivity contribution in [2.45, 2.75) is 116 Å². The van der Waals surface area contributed by atoms with Crippen LogP contribution in [0.3, 0.4) is 0 Å². The number of cyclic esters (lactones) is 1. The summed E-state index contributed by atoms with van der Waals surface area (Å²) in [5, 5.41) is 6.62. The number of rotatable bonds is 9. The largest absolute Gasteiger partial charge is 0.464 e. The van der Waals surface area contributed by atoms with E-state index >= 15 is 0 Å². The van der Waals surface area contributed by atoms with Crippen LogP contribution in [0.15, 0.2) is 54.6 Å². The fraction of sp³-hybridized carbons (Fsp3) is 0.531. The molecule has 4 aliphatic rings. The number of nitrogens with one attached hydrogen (secondary N) is 2. The number of aromatic nitrogens is 3. The number of hydrogen-bond acceptors (Lipinski definition) is 11. The van der Waals surface area contributed by atoms with Gasteiger partial charge in [0.15, 0.2) is 0 Å². The lowest BCUT2D eigenvalue weighted by Crippen LogP contribution is -2.68. The molecular weight excluding hydrogens is 887 g/mol. The average molecular weight is 949 g/mol. The van der Waals surface area contributed by atoms with Gasteiger partial charge in [-0.15, -0.1) is 11.3 Å². The topological polar surface area (TPSA) is 172 Å². The number of esters is 1. The van der Waals surface area contributed by atoms with Crippen molar-refractivity contribution in [3.63, 3.8) is 0 Å². The van der Waals surface area contributed by atoms with Crippen LogP contribution in [0.1, 0.15) is 83.2 Å². The average Bonchev–Trinajstić information content (AvgIpc) is 3.89. The number of aryl methyl sites for hydroxylation is 1. The summed E-state index contributed by atoms with van der Waals surface area (Å²) in [6, 6.07) is 7.79. The molecule has 18 heteroatoms. The van der Waals surface area contributed by atoms with E-state index in [0.717, 1.165) is 44.7 Å². The molecule has 6 heterocycles. The number of piperazine rings is 1. The number of pyridine rings is 1. The quantitative estimate of drug-likeness (QED) is 0.128. The van der Waals surface area contributed by atoms with Gasteiger partial charge in [-0.3, -0.25) is 29.2 Å². The summed E-state index contributed by atoms with van der Waals surface area (Å²) < 4.78 is 14.3. The minimum Gasteiger partial charge on any atom is -0.464 e. The summed E-state index contributed by atoms with van der Waals surface area (Å²) in [5.74, 6) is -2.00. The number of amides is 5. The maximum atomic E-state index is 14.8. The zero-order chi connectivity index (χ0) is 48.1. The van der Waals surface area contributed by atoms with Crippen LogP contribution in [0.2, 0.25) is 0 Å². The summed E-state index contributed by atoms with van der Waals surface area (Å²) in [6.07, 6.45) is 4.90. The van der Waals surface area contributed by atoms with E-state index in [2.05, 4.69) is 77.2 Å². The van der Waals surface area contributed by atoms with Crippen LogP contribution in [-0.2, 0) is 48.0 Å². The lowest BCUT2D eigenvalue weighted by molar-refractivity contribution is -0.158. The highest BCUT2D eigenvalue weighted by Crippen LogP contribution is 2.42. The number of hydrogen-bond donors (Lipinski definition) is 2. The molecular formula is C49H62N9O7SSi. The van der Waals surface area contributed by atoms with Gasteiger partial charge in [-0.05, 0) is 81.4 Å². The number of nitrogens with zero attached hydrogens (tertiary/aromatic N) is 7. The predicted octanol–water partition coefficient (Wildman–Crippen LogP) is 5.25. The standard InChI is InChI=1S/C49H62N9O7SSi/c1-10-40(59)56-20-21-57(38-24-37(38)56)47(63)54(8)42(28(3)4)44(60)52-34-23-39-51-35(26-66-39)30-15-16-36-32(22-30)33(43(55(36)11-2)31-14-12-18-50-41(31)29(5)64-9)25-48(6,7)27-65-46(62)49(67)17-13-19-58(53-49)45(34)61/h10,12,14-16,18,22,26,28-29,34,37-38,42,53H,1,11,13,17,19-21,23-25,27H2,2-9H3,(H,52,60)/t29-,34-,37+,38-,42-,49-/m0/s1. The molecule has 355 valence electrons. The van der Waals surface area contributed by atoms with Gasteiger partial charge in [-0.25, -0.2) is 15.2 Å². The van der Waals surface area contributed by atoms with Crippen molar-refractivity contribution < 1.29 is 33.4 Å². The van der Waals surface area contributed by atoms with Crippen LogP contribution in [-0.4, -0.2) is 144 Å². The van der Waals surface area contributed by atoms with Gasteiger partial charge in [0.25, 0.3) is 5.91 Å². The Balaban J connectivity index is 1.16. The molecule has 6 atom stereocenters. The molecule has 6 bridgehead atoms. The lowest BCUT2D eigenvalue weighted by atomic mass is 9.84. The Bertz CT molecular complexity index is 2590. The molecule has 67 heavy (non-hydrogen) atoms. The van der Waals surface area contributed by atoms with E-state index in [1.807, 2.05) is 32.2 Å². The zero-order valence-electron chi connectivity index (χ0n) is 39.8. The fourth-order valence-electron chi connectivity index (χ4n) is 10.1. The minimum absolute atomic E-state index is 0.0532. The van der Waals surface area contributed by atoms with Crippen LogP contribution in [0.4, 0.5) is 4.79 Å². The van der Waals surface area contributed by atoms with Crippen LogP contribution >= 0.6 is 11.3 Å². The van der Waals surface area contributed by atoms with Crippen molar-refractivity contribution in [3.8, 4) is 22.5 Å². The molecule has 16 nitrogen and oxygen atoms in total. The van der Waals surface area contributed by atoms with Gasteiger partial charge in [0.1, 0.15) is 17.2 Å². The van der Waals surface area contributed by atoms with Gasteiger partial charge >= 0.3 is 12.0 Å². The van der Waals surface area contributed by atoms with Gasteiger partial charge in [0.2, 0.25) is 11.8 Å². The number of carbonyl (C=O) groups is 5. The molecule has 0 spiro atoms. The van der Waals surface area contributed by atoms with Crippen LogP contribution in [0.25, 0.3) is 33.4 Å². The number of thiazole rings is 1. The van der Waals surface area contributed by atoms with Crippen molar-refractivity contribution in [1.82, 2.24) is 45.0 Å². The molecule has 5 amide bonds. The third-order valence-corrected chi connectivity index (χ3v) is 15.1. The van der Waals surface area contributed by atoms with Crippen molar-refractivity contribution >= 4 is 62.2 Å². The fourth-order valence-corrected chi connectivity index (χ4v) is 11.4. The van der Waals surface area contributed by atoms with Gasteiger partial charge < -0.3 is 34.1 Å². The molecule has 3 aliphatic heterocycles. The summed E-state index contributed by atoms with van der Waals surface area (Å²) in [6.45, 7) is 17.4. The predicted molar refractivity (Wildman–Crippen MR) is 257 cm³/mol. The van der Waals surface area contributed by atoms with E-state index in [4.69, 9.17) is 19.4 Å². The minimum atomic E-state index is -1.42.